The van der Waals surface area contributed by atoms with E-state index in [0.29, 0.717) is 5.75 Å². The second-order valence-corrected chi connectivity index (χ2v) is 7.00. The molecule has 1 heterocycles. The molecule has 0 atom stereocenters. The van der Waals surface area contributed by atoms with Crippen LogP contribution in [0.3, 0.4) is 0 Å². The summed E-state index contributed by atoms with van der Waals surface area (Å²) in [7, 11) is 0. The number of hydrogen-bond acceptors (Lipinski definition) is 3. The standard InChI is InChI=1S/C20H25N3OS/c1-15-5-3-8-19(16(15)2)21-20(25)23-11-9-22(10-12-23)14-17-6-4-7-18(24)13-17/h3-8,13,24H,9-12,14H2,1-2H3,(H,21,25). The quantitative estimate of drug-likeness (QED) is 0.824. The lowest BCUT2D eigenvalue weighted by Gasteiger charge is -2.36. The van der Waals surface area contributed by atoms with Gasteiger partial charge in [-0.2, -0.15) is 0 Å². The van der Waals surface area contributed by atoms with Gasteiger partial charge in [-0.05, 0) is 61.0 Å². The van der Waals surface area contributed by atoms with Crippen LogP contribution in [0.2, 0.25) is 0 Å². The van der Waals surface area contributed by atoms with E-state index in [1.165, 1.54) is 11.1 Å². The lowest BCUT2D eigenvalue weighted by molar-refractivity contribution is 0.177. The molecular weight excluding hydrogens is 330 g/mol. The zero-order chi connectivity index (χ0) is 17.8. The molecule has 3 rings (SSSR count). The summed E-state index contributed by atoms with van der Waals surface area (Å²) in [4.78, 5) is 4.63. The van der Waals surface area contributed by atoms with Gasteiger partial charge in [-0.1, -0.05) is 24.3 Å². The third-order valence-electron chi connectivity index (χ3n) is 4.82. The Morgan fingerprint density at radius 3 is 2.52 bits per heavy atom. The minimum absolute atomic E-state index is 0.329. The van der Waals surface area contributed by atoms with Crippen LogP contribution < -0.4 is 5.32 Å². The first-order valence-electron chi connectivity index (χ1n) is 8.65. The number of anilines is 1. The summed E-state index contributed by atoms with van der Waals surface area (Å²) >= 11 is 5.61. The Bertz CT molecular complexity index is 754. The van der Waals surface area contributed by atoms with Crippen LogP contribution in [0.15, 0.2) is 42.5 Å². The average Bonchev–Trinajstić information content (AvgIpc) is 2.59. The van der Waals surface area contributed by atoms with Crippen molar-refractivity contribution in [3.63, 3.8) is 0 Å². The predicted molar refractivity (Wildman–Crippen MR) is 107 cm³/mol. The Kier molecular flexibility index (Phi) is 5.56. The zero-order valence-electron chi connectivity index (χ0n) is 14.8. The summed E-state index contributed by atoms with van der Waals surface area (Å²) in [6.07, 6.45) is 0. The Labute approximate surface area is 155 Å². The number of hydrogen-bond donors (Lipinski definition) is 2. The van der Waals surface area contributed by atoms with Crippen LogP contribution in [-0.4, -0.2) is 46.2 Å². The van der Waals surface area contributed by atoms with Gasteiger partial charge in [0, 0.05) is 38.4 Å². The van der Waals surface area contributed by atoms with Crippen molar-refractivity contribution in [1.29, 1.82) is 0 Å². The number of benzene rings is 2. The van der Waals surface area contributed by atoms with Crippen LogP contribution in [0.25, 0.3) is 0 Å². The largest absolute Gasteiger partial charge is 0.508 e. The van der Waals surface area contributed by atoms with E-state index >= 15 is 0 Å². The highest BCUT2D eigenvalue weighted by Crippen LogP contribution is 2.19. The number of phenolic OH excluding ortho intramolecular Hbond substituents is 1. The molecule has 132 valence electrons. The molecule has 0 bridgehead atoms. The Morgan fingerprint density at radius 2 is 1.80 bits per heavy atom. The highest BCUT2D eigenvalue weighted by atomic mass is 32.1. The Morgan fingerprint density at radius 1 is 1.08 bits per heavy atom. The maximum Gasteiger partial charge on any atom is 0.173 e. The van der Waals surface area contributed by atoms with Crippen molar-refractivity contribution >= 4 is 23.0 Å². The molecule has 0 aliphatic carbocycles. The van der Waals surface area contributed by atoms with Crippen LogP contribution in [0.4, 0.5) is 5.69 Å². The van der Waals surface area contributed by atoms with Crippen molar-refractivity contribution in [2.24, 2.45) is 0 Å². The fourth-order valence-electron chi connectivity index (χ4n) is 3.10. The van der Waals surface area contributed by atoms with E-state index in [2.05, 4.69) is 53.2 Å². The second-order valence-electron chi connectivity index (χ2n) is 6.61. The molecule has 1 saturated heterocycles. The molecule has 1 aliphatic heterocycles. The van der Waals surface area contributed by atoms with E-state index < -0.39 is 0 Å². The highest BCUT2D eigenvalue weighted by molar-refractivity contribution is 7.80. The first-order chi connectivity index (χ1) is 12.0. The number of thiocarbonyl (C=S) groups is 1. The third kappa shape index (κ3) is 4.50. The third-order valence-corrected chi connectivity index (χ3v) is 5.18. The number of aryl methyl sites for hydroxylation is 1. The number of nitrogens with one attached hydrogen (secondary N) is 1. The normalized spacial score (nSPS) is 15.2. The van der Waals surface area contributed by atoms with Crippen LogP contribution in [0, 0.1) is 13.8 Å². The van der Waals surface area contributed by atoms with Gasteiger partial charge in [0.15, 0.2) is 5.11 Å². The molecule has 0 aromatic heterocycles. The van der Waals surface area contributed by atoms with Gasteiger partial charge in [0.25, 0.3) is 0 Å². The molecule has 1 fully saturated rings. The van der Waals surface area contributed by atoms with Gasteiger partial charge in [0.05, 0.1) is 0 Å². The number of piperazine rings is 1. The smallest absolute Gasteiger partial charge is 0.173 e. The van der Waals surface area contributed by atoms with Crippen molar-refractivity contribution in [2.45, 2.75) is 20.4 Å². The lowest BCUT2D eigenvalue weighted by atomic mass is 10.1. The van der Waals surface area contributed by atoms with Gasteiger partial charge >= 0.3 is 0 Å². The van der Waals surface area contributed by atoms with Crippen LogP contribution in [-0.2, 0) is 6.54 Å². The first kappa shape index (κ1) is 17.7. The molecule has 0 unspecified atom stereocenters. The van der Waals surface area contributed by atoms with Crippen LogP contribution >= 0.6 is 12.2 Å². The summed E-state index contributed by atoms with van der Waals surface area (Å²) in [5, 5.41) is 13.8. The van der Waals surface area contributed by atoms with E-state index in [0.717, 1.165) is 49.1 Å². The van der Waals surface area contributed by atoms with E-state index in [4.69, 9.17) is 12.2 Å². The number of nitrogens with zero attached hydrogens (tertiary/aromatic N) is 2. The zero-order valence-corrected chi connectivity index (χ0v) is 15.6. The maximum atomic E-state index is 9.59. The fourth-order valence-corrected chi connectivity index (χ4v) is 3.40. The molecule has 0 radical (unpaired) electrons. The summed E-state index contributed by atoms with van der Waals surface area (Å²) in [6.45, 7) is 8.84. The molecule has 4 nitrogen and oxygen atoms in total. The molecule has 0 amide bonds. The van der Waals surface area contributed by atoms with Gasteiger partial charge in [-0.15, -0.1) is 0 Å². The summed E-state index contributed by atoms with van der Waals surface area (Å²) in [5.74, 6) is 0.329. The van der Waals surface area contributed by atoms with Crippen molar-refractivity contribution in [3.05, 3.63) is 59.2 Å². The predicted octanol–water partition coefficient (Wildman–Crippen LogP) is 3.52. The van der Waals surface area contributed by atoms with Crippen LogP contribution in [0.5, 0.6) is 5.75 Å². The van der Waals surface area contributed by atoms with Crippen molar-refractivity contribution in [2.75, 3.05) is 31.5 Å². The van der Waals surface area contributed by atoms with Gasteiger partial charge in [0.2, 0.25) is 0 Å². The molecule has 2 aromatic carbocycles. The van der Waals surface area contributed by atoms with E-state index in [9.17, 15) is 5.11 Å². The molecule has 2 N–H and O–H groups in total. The molecule has 0 saturated carbocycles. The summed E-state index contributed by atoms with van der Waals surface area (Å²) in [5.41, 5.74) is 4.74. The highest BCUT2D eigenvalue weighted by Gasteiger charge is 2.19. The van der Waals surface area contributed by atoms with Gasteiger partial charge < -0.3 is 15.3 Å². The number of aromatic hydroxyl groups is 1. The van der Waals surface area contributed by atoms with Crippen molar-refractivity contribution in [1.82, 2.24) is 9.80 Å². The van der Waals surface area contributed by atoms with E-state index in [-0.39, 0.29) is 0 Å². The number of phenols is 1. The molecule has 1 aliphatic rings. The first-order valence-corrected chi connectivity index (χ1v) is 9.06. The summed E-state index contributed by atoms with van der Waals surface area (Å²) in [6, 6.07) is 13.7. The SMILES string of the molecule is Cc1cccc(NC(=S)N2CCN(Cc3cccc(O)c3)CC2)c1C. The second kappa shape index (κ2) is 7.85. The Hall–Kier alpha value is -2.11. The van der Waals surface area contributed by atoms with Crippen LogP contribution in [0.1, 0.15) is 16.7 Å². The van der Waals surface area contributed by atoms with E-state index in [1.54, 1.807) is 6.07 Å². The van der Waals surface area contributed by atoms with Gasteiger partial charge in [0.1, 0.15) is 5.75 Å². The van der Waals surface area contributed by atoms with Gasteiger partial charge in [-0.3, -0.25) is 4.90 Å². The molecule has 0 spiro atoms. The van der Waals surface area contributed by atoms with E-state index in [1.807, 2.05) is 12.1 Å². The van der Waals surface area contributed by atoms with Crippen molar-refractivity contribution in [3.8, 4) is 5.75 Å². The molecular formula is C20H25N3OS. The maximum absolute atomic E-state index is 9.59. The monoisotopic (exact) mass is 355 g/mol. The average molecular weight is 356 g/mol. The minimum atomic E-state index is 0.329. The minimum Gasteiger partial charge on any atom is -0.508 e. The fraction of sp³-hybridized carbons (Fsp3) is 0.350. The van der Waals surface area contributed by atoms with Crippen molar-refractivity contribution < 1.29 is 5.11 Å². The summed E-state index contributed by atoms with van der Waals surface area (Å²) < 4.78 is 0. The Balaban J connectivity index is 1.53. The molecule has 5 heteroatoms. The lowest BCUT2D eigenvalue weighted by Crippen LogP contribution is -2.49. The molecule has 2 aromatic rings. The van der Waals surface area contributed by atoms with Gasteiger partial charge in [-0.25, -0.2) is 0 Å². The molecule has 25 heavy (non-hydrogen) atoms. The number of rotatable bonds is 3. The topological polar surface area (TPSA) is 38.7 Å².